The third kappa shape index (κ3) is 7.23. The number of aryl methyl sites for hydroxylation is 1. The zero-order chi connectivity index (χ0) is 33.1. The molecule has 1 saturated heterocycles. The maximum Gasteiger partial charge on any atom is 0.318 e. The normalized spacial score (nSPS) is 15.1. The van der Waals surface area contributed by atoms with Crippen LogP contribution in [0.25, 0.3) is 22.0 Å². The highest BCUT2D eigenvalue weighted by molar-refractivity contribution is 6.01. The third-order valence-corrected chi connectivity index (χ3v) is 9.15. The van der Waals surface area contributed by atoms with Gasteiger partial charge in [0.1, 0.15) is 11.9 Å². The van der Waals surface area contributed by atoms with Crippen molar-refractivity contribution in [2.45, 2.75) is 44.2 Å². The number of aromatic amines is 1. The van der Waals surface area contributed by atoms with E-state index in [2.05, 4.69) is 31.7 Å². The number of carbonyl (C=O) groups excluding carboxylic acids is 2. The van der Waals surface area contributed by atoms with Gasteiger partial charge in [0, 0.05) is 72.7 Å². The van der Waals surface area contributed by atoms with Gasteiger partial charge in [0.05, 0.1) is 6.20 Å². The fourth-order valence-corrected chi connectivity index (χ4v) is 6.62. The molecular formula is C37H42FN7O2. The Balaban J connectivity index is 1.27. The number of carbonyl (C=O) groups is 2. The molecule has 0 saturated carbocycles. The Morgan fingerprint density at radius 1 is 1.06 bits per heavy atom. The molecule has 0 aliphatic carbocycles. The number of H-pyrrole nitrogens is 1. The number of hydrogen-bond acceptors (Lipinski definition) is 4. The van der Waals surface area contributed by atoms with E-state index >= 15 is 0 Å². The van der Waals surface area contributed by atoms with E-state index in [1.807, 2.05) is 89.0 Å². The third-order valence-electron chi connectivity index (χ3n) is 9.15. The van der Waals surface area contributed by atoms with Gasteiger partial charge in [-0.1, -0.05) is 49.4 Å². The first-order valence-corrected chi connectivity index (χ1v) is 16.1. The number of benzene rings is 3. The van der Waals surface area contributed by atoms with Crippen molar-refractivity contribution in [1.29, 1.82) is 0 Å². The van der Waals surface area contributed by atoms with Crippen molar-refractivity contribution in [2.75, 3.05) is 32.5 Å². The van der Waals surface area contributed by atoms with Crippen molar-refractivity contribution in [1.82, 2.24) is 29.9 Å². The van der Waals surface area contributed by atoms with Gasteiger partial charge in [-0.15, -0.1) is 0 Å². The summed E-state index contributed by atoms with van der Waals surface area (Å²) in [6, 6.07) is 19.5. The minimum atomic E-state index is -0.865. The molecule has 2 aromatic heterocycles. The van der Waals surface area contributed by atoms with E-state index in [1.54, 1.807) is 15.8 Å². The zero-order valence-electron chi connectivity index (χ0n) is 27.3. The second-order valence-corrected chi connectivity index (χ2v) is 12.8. The van der Waals surface area contributed by atoms with Crippen molar-refractivity contribution >= 4 is 28.5 Å². The quantitative estimate of drug-likeness (QED) is 0.173. The summed E-state index contributed by atoms with van der Waals surface area (Å²) in [5.41, 5.74) is 6.44. The lowest BCUT2D eigenvalue weighted by Crippen LogP contribution is -2.53. The monoisotopic (exact) mass is 635 g/mol. The second-order valence-electron chi connectivity index (χ2n) is 12.8. The number of hydrogen-bond donors (Lipinski definition) is 3. The Labute approximate surface area is 274 Å². The molecule has 3 aromatic carbocycles. The minimum Gasteiger partial charge on any atom is -0.361 e. The summed E-state index contributed by atoms with van der Waals surface area (Å²) < 4.78 is 15.2. The number of nitrogens with zero attached hydrogens (tertiary/aromatic N) is 4. The Morgan fingerprint density at radius 3 is 2.51 bits per heavy atom. The first-order chi connectivity index (χ1) is 22.7. The molecule has 1 aliphatic rings. The van der Waals surface area contributed by atoms with Crippen molar-refractivity contribution in [2.24, 2.45) is 7.05 Å². The largest absolute Gasteiger partial charge is 0.361 e. The summed E-state index contributed by atoms with van der Waals surface area (Å²) in [7, 11) is 5.87. The predicted octanol–water partition coefficient (Wildman–Crippen LogP) is 6.47. The Bertz CT molecular complexity index is 1850. The number of likely N-dealkylation sites (tertiary alicyclic amines) is 1. The number of halogens is 1. The van der Waals surface area contributed by atoms with Gasteiger partial charge in [0.15, 0.2) is 0 Å². The molecule has 0 radical (unpaired) electrons. The number of para-hydroxylation sites is 1. The molecule has 3 amide bonds. The highest BCUT2D eigenvalue weighted by Gasteiger charge is 2.33. The van der Waals surface area contributed by atoms with E-state index in [0.717, 1.165) is 51.6 Å². The molecular weight excluding hydrogens is 593 g/mol. The Hall–Kier alpha value is -4.96. The van der Waals surface area contributed by atoms with Gasteiger partial charge >= 0.3 is 6.03 Å². The summed E-state index contributed by atoms with van der Waals surface area (Å²) in [6.07, 6.45) is 7.15. The van der Waals surface area contributed by atoms with Gasteiger partial charge in [-0.2, -0.15) is 5.10 Å². The summed E-state index contributed by atoms with van der Waals surface area (Å²) in [5, 5.41) is 11.7. The number of aromatic nitrogens is 3. The first kappa shape index (κ1) is 32.0. The second kappa shape index (κ2) is 13.8. The number of amides is 3. The van der Waals surface area contributed by atoms with Crippen LogP contribution in [0, 0.1) is 5.82 Å². The molecule has 3 heterocycles. The number of nitrogens with one attached hydrogen (secondary N) is 3. The zero-order valence-corrected chi connectivity index (χ0v) is 27.3. The highest BCUT2D eigenvalue weighted by Crippen LogP contribution is 2.33. The van der Waals surface area contributed by atoms with Gasteiger partial charge < -0.3 is 25.4 Å². The van der Waals surface area contributed by atoms with Crippen molar-refractivity contribution in [3.8, 4) is 11.1 Å². The lowest BCUT2D eigenvalue weighted by molar-refractivity contribution is -0.118. The molecule has 5 aromatic rings. The highest BCUT2D eigenvalue weighted by atomic mass is 19.1. The van der Waals surface area contributed by atoms with Crippen LogP contribution in [0.5, 0.6) is 0 Å². The average molecular weight is 636 g/mol. The lowest BCUT2D eigenvalue weighted by atomic mass is 9.89. The molecule has 9 nitrogen and oxygen atoms in total. The van der Waals surface area contributed by atoms with E-state index < -0.39 is 6.04 Å². The number of anilines is 1. The number of rotatable bonds is 9. The van der Waals surface area contributed by atoms with Crippen LogP contribution in [0.15, 0.2) is 85.3 Å². The standard InChI is InChI=1S/C37H42FN7O2/c1-24(32-21-39-33-8-6-5-7-31(32)33)35(42-37(47)45-17-15-27(16-18-45)26-10-12-29(38)13-11-26)36(46)41-34-19-25(22-43(2)3)9-14-30(34)28-20-40-44(4)23-28/h5-14,19-21,23-24,27,35,39H,15-18,22H2,1-4H3,(H,41,46)(H,42,47)/t24-,35+/m0/s1. The van der Waals surface area contributed by atoms with Crippen molar-refractivity contribution in [3.63, 3.8) is 0 Å². The van der Waals surface area contributed by atoms with Crippen LogP contribution in [0.1, 0.15) is 48.3 Å². The maximum absolute atomic E-state index is 14.4. The van der Waals surface area contributed by atoms with Gasteiger partial charge in [-0.25, -0.2) is 9.18 Å². The molecule has 0 bridgehead atoms. The Morgan fingerprint density at radius 2 is 1.81 bits per heavy atom. The van der Waals surface area contributed by atoms with Gasteiger partial charge in [-0.3, -0.25) is 9.48 Å². The molecule has 10 heteroatoms. The Kier molecular flexibility index (Phi) is 9.40. The van der Waals surface area contributed by atoms with Crippen LogP contribution in [0.3, 0.4) is 0 Å². The molecule has 244 valence electrons. The number of piperidine rings is 1. The molecule has 6 rings (SSSR count). The topological polar surface area (TPSA) is 98.3 Å². The number of fused-ring (bicyclic) bond motifs is 1. The molecule has 1 fully saturated rings. The SMILES string of the molecule is C[C@@H](c1c[nH]c2ccccc12)[C@@H](NC(=O)N1CCC(c2ccc(F)cc2)CC1)C(=O)Nc1cc(CN(C)C)ccc1-c1cnn(C)c1. The van der Waals surface area contributed by atoms with Crippen LogP contribution in [-0.2, 0) is 18.4 Å². The van der Waals surface area contributed by atoms with Gasteiger partial charge in [-0.05, 0) is 73.8 Å². The molecule has 2 atom stereocenters. The van der Waals surface area contributed by atoms with E-state index in [-0.39, 0.29) is 29.6 Å². The summed E-state index contributed by atoms with van der Waals surface area (Å²) in [5.74, 6) is -0.649. The van der Waals surface area contributed by atoms with Crippen LogP contribution >= 0.6 is 0 Å². The van der Waals surface area contributed by atoms with Crippen molar-refractivity contribution < 1.29 is 14.0 Å². The van der Waals surface area contributed by atoms with Crippen LogP contribution in [-0.4, -0.2) is 69.7 Å². The minimum absolute atomic E-state index is 0.254. The molecule has 1 aliphatic heterocycles. The maximum atomic E-state index is 14.4. The molecule has 0 unspecified atom stereocenters. The van der Waals surface area contributed by atoms with Crippen LogP contribution in [0.4, 0.5) is 14.9 Å². The van der Waals surface area contributed by atoms with Crippen LogP contribution in [0.2, 0.25) is 0 Å². The van der Waals surface area contributed by atoms with Gasteiger partial charge in [0.2, 0.25) is 5.91 Å². The predicted molar refractivity (Wildman–Crippen MR) is 184 cm³/mol. The van der Waals surface area contributed by atoms with Gasteiger partial charge in [0.25, 0.3) is 0 Å². The first-order valence-electron chi connectivity index (χ1n) is 16.1. The van der Waals surface area contributed by atoms with E-state index in [4.69, 9.17) is 0 Å². The molecule has 0 spiro atoms. The smallest absolute Gasteiger partial charge is 0.318 e. The van der Waals surface area contributed by atoms with Crippen LogP contribution < -0.4 is 10.6 Å². The molecule has 47 heavy (non-hydrogen) atoms. The summed E-state index contributed by atoms with van der Waals surface area (Å²) >= 11 is 0. The van der Waals surface area contributed by atoms with E-state index in [9.17, 15) is 14.0 Å². The van der Waals surface area contributed by atoms with E-state index in [0.29, 0.717) is 25.3 Å². The summed E-state index contributed by atoms with van der Waals surface area (Å²) in [4.78, 5) is 35.4. The fourth-order valence-electron chi connectivity index (χ4n) is 6.62. The molecule has 3 N–H and O–H groups in total. The number of urea groups is 1. The average Bonchev–Trinajstić information content (AvgIpc) is 3.70. The lowest BCUT2D eigenvalue weighted by Gasteiger charge is -2.34. The van der Waals surface area contributed by atoms with E-state index in [1.165, 1.54) is 12.1 Å². The fraction of sp³-hybridized carbons (Fsp3) is 0.324. The summed E-state index contributed by atoms with van der Waals surface area (Å²) in [6.45, 7) is 3.77. The van der Waals surface area contributed by atoms with Crippen molar-refractivity contribution in [3.05, 3.63) is 108 Å².